The Kier molecular flexibility index (Phi) is 6.69. The summed E-state index contributed by atoms with van der Waals surface area (Å²) in [6, 6.07) is 10.6. The van der Waals surface area contributed by atoms with Crippen LogP contribution in [-0.4, -0.2) is 38.1 Å². The van der Waals surface area contributed by atoms with Crippen LogP contribution in [0, 0.1) is 5.82 Å². The van der Waals surface area contributed by atoms with Crippen LogP contribution in [0.4, 0.5) is 10.1 Å². The van der Waals surface area contributed by atoms with Gasteiger partial charge in [-0.15, -0.1) is 0 Å². The third-order valence-corrected chi connectivity index (χ3v) is 4.63. The minimum Gasteiger partial charge on any atom is -0.495 e. The van der Waals surface area contributed by atoms with E-state index in [4.69, 9.17) is 14.2 Å². The molecule has 0 atom stereocenters. The van der Waals surface area contributed by atoms with Crippen LogP contribution in [0.15, 0.2) is 42.5 Å². The van der Waals surface area contributed by atoms with E-state index in [1.807, 2.05) is 0 Å². The first-order valence-electron chi connectivity index (χ1n) is 9.69. The Morgan fingerprint density at radius 2 is 1.81 bits per heavy atom. The molecule has 3 rings (SSSR count). The third kappa shape index (κ3) is 4.58. The number of fused-ring (bicyclic) bond motifs is 1. The summed E-state index contributed by atoms with van der Waals surface area (Å²) in [7, 11) is 1.42. The fraction of sp³-hybridized carbons (Fsp3) is 0.261. The van der Waals surface area contributed by atoms with Crippen LogP contribution >= 0.6 is 0 Å². The quantitative estimate of drug-likeness (QED) is 0.382. The second kappa shape index (κ2) is 9.42. The van der Waals surface area contributed by atoms with Gasteiger partial charge in [-0.3, -0.25) is 14.4 Å². The number of nitrogens with zero attached hydrogens (tertiary/aromatic N) is 1. The molecule has 2 aromatic rings. The maximum atomic E-state index is 13.8. The lowest BCUT2D eigenvalue weighted by molar-refractivity contribution is -0.143. The molecular weight excluding hydrogens is 405 g/mol. The van der Waals surface area contributed by atoms with Crippen LogP contribution in [0.1, 0.15) is 31.4 Å². The smallest absolute Gasteiger partial charge is 0.309 e. The number of carbonyl (C=O) groups excluding carboxylic acids is 3. The lowest BCUT2D eigenvalue weighted by Crippen LogP contribution is -2.31. The van der Waals surface area contributed by atoms with Gasteiger partial charge >= 0.3 is 5.97 Å². The van der Waals surface area contributed by atoms with Crippen LogP contribution in [-0.2, 0) is 23.9 Å². The van der Waals surface area contributed by atoms with Crippen molar-refractivity contribution < 1.29 is 33.0 Å². The van der Waals surface area contributed by atoms with Gasteiger partial charge in [-0.2, -0.15) is 0 Å². The molecule has 0 spiro atoms. The minimum atomic E-state index is -0.584. The van der Waals surface area contributed by atoms with E-state index in [-0.39, 0.29) is 36.0 Å². The van der Waals surface area contributed by atoms with Crippen molar-refractivity contribution in [2.24, 2.45) is 0 Å². The summed E-state index contributed by atoms with van der Waals surface area (Å²) in [4.78, 5) is 37.3. The molecule has 0 unspecified atom stereocenters. The van der Waals surface area contributed by atoms with Crippen molar-refractivity contribution in [2.75, 3.05) is 25.2 Å². The summed E-state index contributed by atoms with van der Waals surface area (Å²) in [5.74, 6) is -1.22. The van der Waals surface area contributed by atoms with E-state index >= 15 is 0 Å². The Hall–Kier alpha value is -3.68. The second-order valence-corrected chi connectivity index (χ2v) is 6.66. The fourth-order valence-corrected chi connectivity index (χ4v) is 3.32. The minimum absolute atomic E-state index is 0.131. The molecule has 0 saturated carbocycles. The largest absolute Gasteiger partial charge is 0.495 e. The van der Waals surface area contributed by atoms with E-state index in [2.05, 4.69) is 0 Å². The second-order valence-electron chi connectivity index (χ2n) is 6.66. The van der Waals surface area contributed by atoms with Gasteiger partial charge in [0.25, 0.3) is 5.91 Å². The number of imide groups is 1. The number of hydrogen-bond acceptors (Lipinski definition) is 6. The molecule has 2 aromatic carbocycles. The van der Waals surface area contributed by atoms with Gasteiger partial charge in [0.1, 0.15) is 17.3 Å². The highest BCUT2D eigenvalue weighted by atomic mass is 19.1. The van der Waals surface area contributed by atoms with E-state index < -0.39 is 17.6 Å². The van der Waals surface area contributed by atoms with Gasteiger partial charge in [-0.25, -0.2) is 9.29 Å². The zero-order chi connectivity index (χ0) is 22.5. The topological polar surface area (TPSA) is 82.1 Å². The predicted octanol–water partition coefficient (Wildman–Crippen LogP) is 3.57. The molecule has 1 aliphatic rings. The van der Waals surface area contributed by atoms with Crippen molar-refractivity contribution in [3.63, 3.8) is 0 Å². The molecule has 0 saturated heterocycles. The standard InChI is InChI=1S/C23H22FNO6/c1-4-30-20(27)11-12-31-17-8-5-15(6-9-17)22(29-3)21-18-10-7-16(24)13-19(18)25(14(2)26)23(21)28/h5-10,13H,4,11-12H2,1-3H3/b22-21+. The number of ether oxygens (including phenoxy) is 3. The van der Waals surface area contributed by atoms with Crippen LogP contribution in [0.25, 0.3) is 11.3 Å². The van der Waals surface area contributed by atoms with E-state index in [0.29, 0.717) is 23.5 Å². The number of halogens is 1. The summed E-state index contributed by atoms with van der Waals surface area (Å²) in [6.45, 7) is 3.46. The fourth-order valence-electron chi connectivity index (χ4n) is 3.32. The zero-order valence-electron chi connectivity index (χ0n) is 17.4. The van der Waals surface area contributed by atoms with E-state index in [9.17, 15) is 18.8 Å². The monoisotopic (exact) mass is 427 g/mol. The number of rotatable bonds is 7. The highest BCUT2D eigenvalue weighted by molar-refractivity contribution is 6.42. The average molecular weight is 427 g/mol. The van der Waals surface area contributed by atoms with Crippen molar-refractivity contribution in [3.8, 4) is 5.75 Å². The Labute approximate surface area is 179 Å². The highest BCUT2D eigenvalue weighted by Crippen LogP contribution is 2.41. The Balaban J connectivity index is 1.90. The van der Waals surface area contributed by atoms with Gasteiger partial charge in [-0.05, 0) is 49.4 Å². The van der Waals surface area contributed by atoms with Crippen LogP contribution in [0.2, 0.25) is 0 Å². The molecule has 162 valence electrons. The molecule has 0 fully saturated rings. The van der Waals surface area contributed by atoms with Gasteiger partial charge in [0, 0.05) is 18.1 Å². The first-order valence-corrected chi connectivity index (χ1v) is 9.69. The van der Waals surface area contributed by atoms with Crippen LogP contribution < -0.4 is 9.64 Å². The van der Waals surface area contributed by atoms with Crippen molar-refractivity contribution in [2.45, 2.75) is 20.3 Å². The predicted molar refractivity (Wildman–Crippen MR) is 112 cm³/mol. The molecule has 7 nitrogen and oxygen atoms in total. The molecule has 31 heavy (non-hydrogen) atoms. The number of amides is 2. The molecule has 0 radical (unpaired) electrons. The molecule has 2 amide bonds. The molecule has 8 heteroatoms. The summed E-state index contributed by atoms with van der Waals surface area (Å²) in [5, 5.41) is 0. The van der Waals surface area contributed by atoms with Gasteiger partial charge < -0.3 is 14.2 Å². The molecule has 0 N–H and O–H groups in total. The highest BCUT2D eigenvalue weighted by Gasteiger charge is 2.38. The SMILES string of the molecule is CCOC(=O)CCOc1ccc(/C(OC)=C2\C(=O)N(C(C)=O)c3cc(F)ccc32)cc1. The van der Waals surface area contributed by atoms with Crippen molar-refractivity contribution in [1.29, 1.82) is 0 Å². The van der Waals surface area contributed by atoms with Crippen LogP contribution in [0.3, 0.4) is 0 Å². The number of anilines is 1. The summed E-state index contributed by atoms with van der Waals surface area (Å²) < 4.78 is 29.7. The maximum Gasteiger partial charge on any atom is 0.309 e. The zero-order valence-corrected chi connectivity index (χ0v) is 17.4. The lowest BCUT2D eigenvalue weighted by atomic mass is 10.0. The first kappa shape index (κ1) is 22.0. The Morgan fingerprint density at radius 3 is 2.42 bits per heavy atom. The molecule has 0 aliphatic carbocycles. The first-order chi connectivity index (χ1) is 14.9. The normalized spacial score (nSPS) is 14.2. The van der Waals surface area contributed by atoms with Crippen molar-refractivity contribution >= 4 is 34.8 Å². The van der Waals surface area contributed by atoms with Gasteiger partial charge in [0.15, 0.2) is 0 Å². The number of benzene rings is 2. The molecule has 0 aromatic heterocycles. The Morgan fingerprint density at radius 1 is 1.10 bits per heavy atom. The van der Waals surface area contributed by atoms with Crippen molar-refractivity contribution in [1.82, 2.24) is 0 Å². The lowest BCUT2D eigenvalue weighted by Gasteiger charge is -2.13. The average Bonchev–Trinajstić information content (AvgIpc) is 3.01. The molecule has 1 aliphatic heterocycles. The number of carbonyl (C=O) groups is 3. The number of esters is 1. The molecular formula is C23H22FNO6. The Bertz CT molecular complexity index is 1040. The summed E-state index contributed by atoms with van der Waals surface area (Å²) in [5.41, 5.74) is 1.34. The summed E-state index contributed by atoms with van der Waals surface area (Å²) in [6.07, 6.45) is 0.131. The number of methoxy groups -OCH3 is 1. The van der Waals surface area contributed by atoms with Crippen LogP contribution in [0.5, 0.6) is 5.75 Å². The molecule has 0 bridgehead atoms. The maximum absolute atomic E-state index is 13.8. The third-order valence-electron chi connectivity index (χ3n) is 4.63. The van der Waals surface area contributed by atoms with E-state index in [1.165, 1.54) is 26.2 Å². The van der Waals surface area contributed by atoms with Gasteiger partial charge in [0.05, 0.1) is 38.0 Å². The van der Waals surface area contributed by atoms with Gasteiger partial charge in [0.2, 0.25) is 5.91 Å². The summed E-state index contributed by atoms with van der Waals surface area (Å²) >= 11 is 0. The van der Waals surface area contributed by atoms with Gasteiger partial charge in [-0.1, -0.05) is 0 Å². The molecule has 1 heterocycles. The van der Waals surface area contributed by atoms with Crippen molar-refractivity contribution in [3.05, 3.63) is 59.4 Å². The number of hydrogen-bond donors (Lipinski definition) is 0. The van der Waals surface area contributed by atoms with E-state index in [1.54, 1.807) is 31.2 Å². The van der Waals surface area contributed by atoms with E-state index in [0.717, 1.165) is 11.0 Å².